The van der Waals surface area contributed by atoms with Crippen LogP contribution in [0, 0.1) is 5.92 Å². The van der Waals surface area contributed by atoms with Crippen LogP contribution in [-0.4, -0.2) is 30.1 Å². The maximum absolute atomic E-state index is 12.4. The first-order chi connectivity index (χ1) is 14.9. The van der Waals surface area contributed by atoms with E-state index in [1.54, 1.807) is 54.6 Å². The molecule has 3 N–H and O–H groups in total. The number of hydrogen-bond acceptors (Lipinski definition) is 5. The third-order valence-electron chi connectivity index (χ3n) is 4.09. The van der Waals surface area contributed by atoms with Crippen LogP contribution in [0.15, 0.2) is 61.2 Å². The Kier molecular flexibility index (Phi) is 9.51. The van der Waals surface area contributed by atoms with E-state index in [2.05, 4.69) is 36.6 Å². The van der Waals surface area contributed by atoms with E-state index in [1.807, 2.05) is 0 Å². The maximum Gasteiger partial charge on any atom is 0.273 e. The van der Waals surface area contributed by atoms with Gasteiger partial charge in [0.05, 0.1) is 12.2 Å². The molecule has 0 bridgehead atoms. The van der Waals surface area contributed by atoms with Crippen LogP contribution in [0.25, 0.3) is 0 Å². The maximum atomic E-state index is 12.4. The molecule has 8 heteroatoms. The molecule has 2 aromatic rings. The second-order valence-corrected chi connectivity index (χ2v) is 7.42. The van der Waals surface area contributed by atoms with E-state index < -0.39 is 11.8 Å². The lowest BCUT2D eigenvalue weighted by atomic mass is 10.1. The molecule has 0 saturated carbocycles. The van der Waals surface area contributed by atoms with Gasteiger partial charge in [-0.3, -0.25) is 25.8 Å². The van der Waals surface area contributed by atoms with Gasteiger partial charge in [-0.1, -0.05) is 38.6 Å². The number of thiocarbonyl (C=S) groups is 1. The number of hydrazine groups is 1. The molecule has 0 unspecified atom stereocenters. The predicted octanol–water partition coefficient (Wildman–Crippen LogP) is 3.63. The molecule has 0 saturated heterocycles. The molecule has 0 radical (unpaired) electrons. The molecule has 0 spiro atoms. The van der Waals surface area contributed by atoms with Gasteiger partial charge < -0.3 is 9.47 Å². The molecule has 0 fully saturated rings. The third kappa shape index (κ3) is 8.10. The van der Waals surface area contributed by atoms with Crippen LogP contribution in [0.1, 0.15) is 41.0 Å². The molecule has 164 valence electrons. The lowest BCUT2D eigenvalue weighted by Crippen LogP contribution is -2.48. The van der Waals surface area contributed by atoms with Gasteiger partial charge in [0, 0.05) is 5.56 Å². The fourth-order valence-corrected chi connectivity index (χ4v) is 2.57. The summed E-state index contributed by atoms with van der Waals surface area (Å²) in [7, 11) is 0. The normalized spacial score (nSPS) is 10.2. The van der Waals surface area contributed by atoms with Gasteiger partial charge >= 0.3 is 0 Å². The lowest BCUT2D eigenvalue weighted by Gasteiger charge is -2.13. The molecule has 2 amide bonds. The minimum Gasteiger partial charge on any atom is -0.494 e. The van der Waals surface area contributed by atoms with Gasteiger partial charge in [-0.05, 0) is 61.0 Å². The minimum atomic E-state index is -0.459. The Morgan fingerprint density at radius 1 is 1.03 bits per heavy atom. The van der Waals surface area contributed by atoms with Gasteiger partial charge in [-0.2, -0.15) is 0 Å². The Morgan fingerprint density at radius 3 is 2.42 bits per heavy atom. The van der Waals surface area contributed by atoms with E-state index >= 15 is 0 Å². The van der Waals surface area contributed by atoms with Gasteiger partial charge in [0.2, 0.25) is 0 Å². The molecule has 0 atom stereocenters. The number of nitrogens with one attached hydrogen (secondary N) is 3. The number of benzene rings is 2. The third-order valence-corrected chi connectivity index (χ3v) is 4.29. The Labute approximate surface area is 187 Å². The van der Waals surface area contributed by atoms with Crippen molar-refractivity contribution in [2.75, 3.05) is 13.2 Å². The summed E-state index contributed by atoms with van der Waals surface area (Å²) in [5.74, 6) is 0.802. The first-order valence-electron chi connectivity index (χ1n) is 9.88. The summed E-state index contributed by atoms with van der Waals surface area (Å²) in [6.07, 6.45) is 2.54. The topological polar surface area (TPSA) is 88.7 Å². The number of carbonyl (C=O) groups excluding carboxylic acids is 2. The minimum absolute atomic E-state index is 0.0416. The van der Waals surface area contributed by atoms with Crippen LogP contribution < -0.4 is 25.6 Å². The second kappa shape index (κ2) is 12.3. The first-order valence-corrected chi connectivity index (χ1v) is 10.3. The van der Waals surface area contributed by atoms with Crippen molar-refractivity contribution in [3.05, 3.63) is 72.3 Å². The Bertz CT molecular complexity index is 913. The molecule has 0 aliphatic rings. The highest BCUT2D eigenvalue weighted by molar-refractivity contribution is 7.80. The van der Waals surface area contributed by atoms with Crippen LogP contribution in [0.4, 0.5) is 0 Å². The average molecular weight is 442 g/mol. The van der Waals surface area contributed by atoms with Crippen molar-refractivity contribution in [3.8, 4) is 11.5 Å². The largest absolute Gasteiger partial charge is 0.494 e. The molecule has 0 aromatic heterocycles. The van der Waals surface area contributed by atoms with Crippen molar-refractivity contribution in [2.45, 2.75) is 20.3 Å². The summed E-state index contributed by atoms with van der Waals surface area (Å²) in [5, 5.41) is 2.47. The van der Waals surface area contributed by atoms with Crippen LogP contribution in [0.2, 0.25) is 0 Å². The number of hydrogen-bond donors (Lipinski definition) is 3. The zero-order valence-corrected chi connectivity index (χ0v) is 18.5. The van der Waals surface area contributed by atoms with E-state index in [0.29, 0.717) is 35.2 Å². The van der Waals surface area contributed by atoms with Crippen LogP contribution in [0.5, 0.6) is 11.5 Å². The summed E-state index contributed by atoms with van der Waals surface area (Å²) in [4.78, 5) is 24.7. The van der Waals surface area contributed by atoms with E-state index in [0.717, 1.165) is 6.42 Å². The molecular weight excluding hydrogens is 414 g/mol. The molecule has 31 heavy (non-hydrogen) atoms. The number of carbonyl (C=O) groups is 2. The molecule has 7 nitrogen and oxygen atoms in total. The average Bonchev–Trinajstić information content (AvgIpc) is 2.76. The summed E-state index contributed by atoms with van der Waals surface area (Å²) < 4.78 is 11.1. The first kappa shape index (κ1) is 23.9. The van der Waals surface area contributed by atoms with E-state index in [1.165, 1.54) is 0 Å². The van der Waals surface area contributed by atoms with Crippen LogP contribution in [0.3, 0.4) is 0 Å². The zero-order valence-electron chi connectivity index (χ0n) is 17.6. The summed E-state index contributed by atoms with van der Waals surface area (Å²) in [6.45, 7) is 8.74. The molecule has 0 aliphatic heterocycles. The summed E-state index contributed by atoms with van der Waals surface area (Å²) in [6, 6.07) is 13.5. The zero-order chi connectivity index (χ0) is 22.6. The van der Waals surface area contributed by atoms with Crippen LogP contribution >= 0.6 is 12.2 Å². The monoisotopic (exact) mass is 441 g/mol. The predicted molar refractivity (Wildman–Crippen MR) is 124 cm³/mol. The van der Waals surface area contributed by atoms with Crippen molar-refractivity contribution in [1.82, 2.24) is 16.2 Å². The van der Waals surface area contributed by atoms with E-state index in [9.17, 15) is 9.59 Å². The fourth-order valence-electron chi connectivity index (χ4n) is 2.43. The standard InChI is InChI=1S/C23H27N3O4S/c1-4-14-30-20-8-6-5-7-19(20)22(28)25-26-23(31)24-21(27)17-9-11-18(12-10-17)29-15-13-16(2)3/h4-12,16H,1,13-15H2,2-3H3,(H,25,28)(H2,24,26,27,31). The SMILES string of the molecule is C=CCOc1ccccc1C(=O)NNC(=S)NC(=O)c1ccc(OCCC(C)C)cc1. The number of para-hydroxylation sites is 1. The molecular formula is C23H27N3O4S. The summed E-state index contributed by atoms with van der Waals surface area (Å²) in [5.41, 5.74) is 5.69. The van der Waals surface area contributed by atoms with Gasteiger partial charge in [0.1, 0.15) is 18.1 Å². The van der Waals surface area contributed by atoms with Gasteiger partial charge in [-0.25, -0.2) is 0 Å². The van der Waals surface area contributed by atoms with E-state index in [-0.39, 0.29) is 11.7 Å². The highest BCUT2D eigenvalue weighted by atomic mass is 32.1. The molecule has 2 rings (SSSR count). The Balaban J connectivity index is 1.84. The quantitative estimate of drug-likeness (QED) is 0.313. The summed E-state index contributed by atoms with van der Waals surface area (Å²) >= 11 is 5.08. The van der Waals surface area contributed by atoms with Gasteiger partial charge in [0.15, 0.2) is 5.11 Å². The van der Waals surface area contributed by atoms with E-state index in [4.69, 9.17) is 21.7 Å². The Hall–Kier alpha value is -3.39. The number of amides is 2. The van der Waals surface area contributed by atoms with Crippen molar-refractivity contribution < 1.29 is 19.1 Å². The second-order valence-electron chi connectivity index (χ2n) is 7.01. The molecule has 0 heterocycles. The number of rotatable bonds is 9. The van der Waals surface area contributed by atoms with Crippen molar-refractivity contribution >= 4 is 29.1 Å². The van der Waals surface area contributed by atoms with Crippen molar-refractivity contribution in [2.24, 2.45) is 5.92 Å². The Morgan fingerprint density at radius 2 is 1.74 bits per heavy atom. The smallest absolute Gasteiger partial charge is 0.273 e. The molecule has 0 aliphatic carbocycles. The van der Waals surface area contributed by atoms with Crippen molar-refractivity contribution in [1.29, 1.82) is 0 Å². The lowest BCUT2D eigenvalue weighted by molar-refractivity contribution is 0.0931. The van der Waals surface area contributed by atoms with Gasteiger partial charge in [-0.15, -0.1) is 0 Å². The fraction of sp³-hybridized carbons (Fsp3) is 0.261. The number of ether oxygens (including phenoxy) is 2. The van der Waals surface area contributed by atoms with Crippen molar-refractivity contribution in [3.63, 3.8) is 0 Å². The molecule has 2 aromatic carbocycles. The van der Waals surface area contributed by atoms with Crippen LogP contribution in [-0.2, 0) is 0 Å². The van der Waals surface area contributed by atoms with Gasteiger partial charge in [0.25, 0.3) is 11.8 Å². The highest BCUT2D eigenvalue weighted by Gasteiger charge is 2.13. The highest BCUT2D eigenvalue weighted by Crippen LogP contribution is 2.17.